The number of nitrogens with two attached hydrogens (primary N) is 2. The first-order valence-corrected chi connectivity index (χ1v) is 12.6. The van der Waals surface area contributed by atoms with E-state index in [-0.39, 0.29) is 12.0 Å². The number of hydrogen-bond donors (Lipinski definition) is 4. The molecule has 2 aliphatic rings. The van der Waals surface area contributed by atoms with E-state index in [0.29, 0.717) is 41.8 Å². The summed E-state index contributed by atoms with van der Waals surface area (Å²) in [4.78, 5) is 20.1. The van der Waals surface area contributed by atoms with Crippen LogP contribution in [0.1, 0.15) is 48.2 Å². The van der Waals surface area contributed by atoms with Crippen LogP contribution in [0.5, 0.6) is 0 Å². The number of fused-ring (bicyclic) bond motifs is 1. The molecule has 1 atom stereocenters. The number of rotatable bonds is 8. The monoisotopic (exact) mass is 475 g/mol. The number of amides is 1. The van der Waals surface area contributed by atoms with Gasteiger partial charge in [-0.15, -0.1) is 0 Å². The van der Waals surface area contributed by atoms with Gasteiger partial charge in [-0.2, -0.15) is 0 Å². The van der Waals surface area contributed by atoms with Crippen LogP contribution in [0.4, 0.5) is 0 Å². The summed E-state index contributed by atoms with van der Waals surface area (Å²) in [6.07, 6.45) is 10.1. The number of β-amino-alcohol motifs (C(OH)–C–C–N with tert-alkyl or cyclic N) is 1. The normalized spacial score (nSPS) is 23.2. The molecule has 1 saturated heterocycles. The fraction of sp³-hybridized carbons (Fsp3) is 0.429. The summed E-state index contributed by atoms with van der Waals surface area (Å²) >= 11 is 0. The first kappa shape index (κ1) is 24.9. The van der Waals surface area contributed by atoms with Gasteiger partial charge in [-0.1, -0.05) is 24.8 Å². The predicted molar refractivity (Wildman–Crippen MR) is 141 cm³/mol. The van der Waals surface area contributed by atoms with Gasteiger partial charge in [0.15, 0.2) is 0 Å². The number of carbonyl (C=O) groups is 1. The summed E-state index contributed by atoms with van der Waals surface area (Å²) in [7, 11) is 0. The number of likely N-dealkylation sites (tertiary alicyclic amines) is 1. The van der Waals surface area contributed by atoms with Crippen molar-refractivity contribution >= 4 is 22.4 Å². The molecule has 7 nitrogen and oxygen atoms in total. The average molecular weight is 476 g/mol. The van der Waals surface area contributed by atoms with Crippen molar-refractivity contribution in [3.05, 3.63) is 72.2 Å². The SMILES string of the molecule is C=C(/C=C\C(=C/N)c1cc(C(=O)NCC2CCC(CN)CC2)c2ccccc2n1)N1CC[C@@H](O)C1. The van der Waals surface area contributed by atoms with Gasteiger partial charge in [-0.05, 0) is 74.8 Å². The summed E-state index contributed by atoms with van der Waals surface area (Å²) in [5.41, 5.74) is 15.3. The lowest BCUT2D eigenvalue weighted by Crippen LogP contribution is -2.32. The molecule has 0 radical (unpaired) electrons. The maximum Gasteiger partial charge on any atom is 0.252 e. The van der Waals surface area contributed by atoms with Crippen LogP contribution >= 0.6 is 0 Å². The van der Waals surface area contributed by atoms with E-state index in [1.54, 1.807) is 0 Å². The second-order valence-corrected chi connectivity index (χ2v) is 9.74. The predicted octanol–water partition coefficient (Wildman–Crippen LogP) is 3.17. The van der Waals surface area contributed by atoms with Crippen molar-refractivity contribution in [1.82, 2.24) is 15.2 Å². The molecule has 4 rings (SSSR count). The number of nitrogens with zero attached hydrogens (tertiary/aromatic N) is 2. The number of pyridine rings is 1. The molecule has 1 aliphatic carbocycles. The van der Waals surface area contributed by atoms with Gasteiger partial charge in [0.2, 0.25) is 0 Å². The van der Waals surface area contributed by atoms with Crippen LogP contribution in [0.3, 0.4) is 0 Å². The minimum Gasteiger partial charge on any atom is -0.404 e. The average Bonchev–Trinajstić information content (AvgIpc) is 3.33. The first-order valence-electron chi connectivity index (χ1n) is 12.6. The maximum atomic E-state index is 13.3. The quantitative estimate of drug-likeness (QED) is 0.436. The van der Waals surface area contributed by atoms with Crippen LogP contribution in [0.2, 0.25) is 0 Å². The summed E-state index contributed by atoms with van der Waals surface area (Å²) in [6, 6.07) is 9.48. The highest BCUT2D eigenvalue weighted by Crippen LogP contribution is 2.28. The summed E-state index contributed by atoms with van der Waals surface area (Å²) < 4.78 is 0. The number of nitrogens with one attached hydrogen (secondary N) is 1. The fourth-order valence-corrected chi connectivity index (χ4v) is 5.04. The second-order valence-electron chi connectivity index (χ2n) is 9.74. The Morgan fingerprint density at radius 1 is 1.17 bits per heavy atom. The summed E-state index contributed by atoms with van der Waals surface area (Å²) in [5.74, 6) is 1.02. The Labute approximate surface area is 207 Å². The van der Waals surface area contributed by atoms with Crippen molar-refractivity contribution in [3.63, 3.8) is 0 Å². The summed E-state index contributed by atoms with van der Waals surface area (Å²) in [5, 5.41) is 13.8. The Balaban J connectivity index is 1.51. The highest BCUT2D eigenvalue weighted by Gasteiger charge is 2.22. The van der Waals surface area contributed by atoms with Gasteiger partial charge in [0.05, 0.1) is 22.9 Å². The lowest BCUT2D eigenvalue weighted by atomic mass is 9.82. The number of aliphatic hydroxyl groups is 1. The molecule has 1 aromatic carbocycles. The van der Waals surface area contributed by atoms with Crippen molar-refractivity contribution < 1.29 is 9.90 Å². The number of hydrogen-bond acceptors (Lipinski definition) is 6. The number of benzene rings is 1. The van der Waals surface area contributed by atoms with E-state index < -0.39 is 0 Å². The molecule has 0 spiro atoms. The smallest absolute Gasteiger partial charge is 0.252 e. The van der Waals surface area contributed by atoms with Gasteiger partial charge in [-0.3, -0.25) is 4.79 Å². The van der Waals surface area contributed by atoms with Crippen molar-refractivity contribution in [2.24, 2.45) is 23.3 Å². The van der Waals surface area contributed by atoms with Gasteiger partial charge in [0.1, 0.15) is 0 Å². The van der Waals surface area contributed by atoms with Crippen LogP contribution in [0, 0.1) is 11.8 Å². The van der Waals surface area contributed by atoms with Crippen molar-refractivity contribution in [2.45, 2.75) is 38.2 Å². The third kappa shape index (κ3) is 6.10. The zero-order valence-corrected chi connectivity index (χ0v) is 20.3. The van der Waals surface area contributed by atoms with Crippen LogP contribution in [-0.2, 0) is 0 Å². The molecule has 1 amide bonds. The topological polar surface area (TPSA) is 118 Å². The highest BCUT2D eigenvalue weighted by molar-refractivity contribution is 6.07. The zero-order valence-electron chi connectivity index (χ0n) is 20.3. The van der Waals surface area contributed by atoms with E-state index in [4.69, 9.17) is 16.5 Å². The van der Waals surface area contributed by atoms with E-state index in [1.165, 1.54) is 6.20 Å². The van der Waals surface area contributed by atoms with Gasteiger partial charge in [0.25, 0.3) is 5.91 Å². The molecule has 0 bridgehead atoms. The molecule has 186 valence electrons. The largest absolute Gasteiger partial charge is 0.404 e. The maximum absolute atomic E-state index is 13.3. The molecule has 0 unspecified atom stereocenters. The Kier molecular flexibility index (Phi) is 8.21. The Hall–Kier alpha value is -3.16. The van der Waals surface area contributed by atoms with Crippen molar-refractivity contribution in [3.8, 4) is 0 Å². The minimum atomic E-state index is -0.316. The second kappa shape index (κ2) is 11.5. The van der Waals surface area contributed by atoms with E-state index in [1.807, 2.05) is 47.4 Å². The van der Waals surface area contributed by atoms with Crippen LogP contribution in [0.15, 0.2) is 61.0 Å². The lowest BCUT2D eigenvalue weighted by molar-refractivity contribution is 0.0943. The molecule has 1 aliphatic heterocycles. The molecule has 7 heteroatoms. The number of para-hydroxylation sites is 1. The molecular formula is C28H37N5O2. The third-order valence-electron chi connectivity index (χ3n) is 7.31. The van der Waals surface area contributed by atoms with Crippen LogP contribution in [-0.4, -0.2) is 53.2 Å². The van der Waals surface area contributed by atoms with Crippen molar-refractivity contribution in [1.29, 1.82) is 0 Å². The Bertz CT molecular complexity index is 1120. The lowest BCUT2D eigenvalue weighted by Gasteiger charge is -2.27. The fourth-order valence-electron chi connectivity index (χ4n) is 5.04. The van der Waals surface area contributed by atoms with Gasteiger partial charge in [0, 0.05) is 42.5 Å². The molecule has 35 heavy (non-hydrogen) atoms. The Morgan fingerprint density at radius 2 is 1.91 bits per heavy atom. The van der Waals surface area contributed by atoms with Crippen LogP contribution in [0.25, 0.3) is 16.5 Å². The van der Waals surface area contributed by atoms with Crippen LogP contribution < -0.4 is 16.8 Å². The molecule has 2 aromatic rings. The molecule has 2 fully saturated rings. The standard InChI is InChI=1S/C28H37N5O2/c1-19(33-13-12-23(34)18-33)6-11-22(16-30)27-14-25(24-4-2-3-5-26(24)32-27)28(35)31-17-21-9-7-20(15-29)8-10-21/h2-6,11,14,16,20-21,23,34H,1,7-10,12-13,15,17-18,29-30H2,(H,31,35)/b11-6-,22-16+/t20?,21?,23-/m1/s1. The number of carbonyl (C=O) groups excluding carboxylic acids is 1. The molecule has 6 N–H and O–H groups in total. The highest BCUT2D eigenvalue weighted by atomic mass is 16.3. The van der Waals surface area contributed by atoms with Crippen molar-refractivity contribution in [2.75, 3.05) is 26.2 Å². The van der Waals surface area contributed by atoms with E-state index in [0.717, 1.165) is 61.8 Å². The number of aliphatic hydroxyl groups excluding tert-OH is 1. The Morgan fingerprint density at radius 3 is 2.60 bits per heavy atom. The number of aromatic nitrogens is 1. The minimum absolute atomic E-state index is 0.0957. The zero-order chi connectivity index (χ0) is 24.8. The van der Waals surface area contributed by atoms with E-state index >= 15 is 0 Å². The molecule has 1 aromatic heterocycles. The van der Waals surface area contributed by atoms with Gasteiger partial charge >= 0.3 is 0 Å². The number of allylic oxidation sites excluding steroid dienone is 3. The van der Waals surface area contributed by atoms with E-state index in [2.05, 4.69) is 11.9 Å². The first-order chi connectivity index (χ1) is 17.0. The third-order valence-corrected chi connectivity index (χ3v) is 7.31. The molecule has 2 heterocycles. The molecular weight excluding hydrogens is 438 g/mol. The van der Waals surface area contributed by atoms with Gasteiger partial charge < -0.3 is 26.8 Å². The van der Waals surface area contributed by atoms with E-state index in [9.17, 15) is 9.90 Å². The molecule has 1 saturated carbocycles. The van der Waals surface area contributed by atoms with Gasteiger partial charge in [-0.25, -0.2) is 4.98 Å². The summed E-state index contributed by atoms with van der Waals surface area (Å²) in [6.45, 7) is 6.89.